The lowest BCUT2D eigenvalue weighted by molar-refractivity contribution is 0.0698. The van der Waals surface area contributed by atoms with E-state index < -0.39 is 5.97 Å². The van der Waals surface area contributed by atoms with E-state index in [1.54, 1.807) is 49.5 Å². The van der Waals surface area contributed by atoms with Crippen LogP contribution in [0.1, 0.15) is 42.8 Å². The van der Waals surface area contributed by atoms with Crippen molar-refractivity contribution in [3.8, 4) is 11.3 Å². The minimum Gasteiger partial charge on any atom is -0.478 e. The fraction of sp³-hybridized carbons (Fsp3) is 0.154. The van der Waals surface area contributed by atoms with Gasteiger partial charge < -0.3 is 14.8 Å². The Labute approximate surface area is 196 Å². The highest BCUT2D eigenvalue weighted by atomic mass is 16.4. The Kier molecular flexibility index (Phi) is 5.89. The number of carbonyl (C=O) groups is 1. The molecule has 0 radical (unpaired) electrons. The highest BCUT2D eigenvalue weighted by Gasteiger charge is 2.18. The van der Waals surface area contributed by atoms with Gasteiger partial charge in [-0.1, -0.05) is 18.2 Å². The highest BCUT2D eigenvalue weighted by molar-refractivity contribution is 5.94. The number of nitrogens with zero attached hydrogens (tertiary/aromatic N) is 1. The number of fused-ring (bicyclic) bond motifs is 1. The zero-order chi connectivity index (χ0) is 24.6. The molecule has 1 atom stereocenters. The number of benzene rings is 2. The van der Waals surface area contributed by atoms with Gasteiger partial charge in [0.05, 0.1) is 17.0 Å². The van der Waals surface area contributed by atoms with Gasteiger partial charge in [0.2, 0.25) is 0 Å². The van der Waals surface area contributed by atoms with Crippen molar-refractivity contribution >= 4 is 28.5 Å². The number of carboxylic acid groups (broad SMARTS) is 1. The van der Waals surface area contributed by atoms with Crippen LogP contribution in [0, 0.1) is 17.7 Å². The van der Waals surface area contributed by atoms with Crippen molar-refractivity contribution < 1.29 is 15.7 Å². The van der Waals surface area contributed by atoms with Gasteiger partial charge in [-0.05, 0) is 56.7 Å². The monoisotopic (exact) mass is 458 g/mol. The fourth-order valence-corrected chi connectivity index (χ4v) is 3.95. The number of rotatable bonds is 5. The van der Waals surface area contributed by atoms with Crippen molar-refractivity contribution in [2.24, 2.45) is 0 Å². The van der Waals surface area contributed by atoms with Gasteiger partial charge in [-0.15, -0.1) is 0 Å². The Morgan fingerprint density at radius 3 is 2.59 bits per heavy atom. The predicted molar refractivity (Wildman–Crippen MR) is 133 cm³/mol. The van der Waals surface area contributed by atoms with Crippen LogP contribution in [0.2, 0.25) is 0 Å². The minimum atomic E-state index is -1.04. The number of hydrogen-bond donors (Lipinski definition) is 4. The maximum Gasteiger partial charge on any atom is 0.337 e. The molecule has 0 spiro atoms. The van der Waals surface area contributed by atoms with Crippen molar-refractivity contribution in [2.75, 3.05) is 5.32 Å². The standard InChI is InChI=1S/C26H24N4O4.H2/c1-14-10-19(15(2)29-21-7-5-4-6-18(21)26(32)33)25-20(11-14)22(31)13-23(34-25)17-8-9-30(16(3)27)24(28)12-17;/h4-13,15,27-29H,1-3H3,(H,32,33);1H. The Hall–Kier alpha value is -4.46. The molecule has 0 saturated heterocycles. The van der Waals surface area contributed by atoms with E-state index in [1.807, 2.05) is 19.9 Å². The van der Waals surface area contributed by atoms with E-state index in [2.05, 4.69) is 5.32 Å². The summed E-state index contributed by atoms with van der Waals surface area (Å²) in [7, 11) is 0. The zero-order valence-corrected chi connectivity index (χ0v) is 19.0. The normalized spacial score (nSPS) is 11.9. The second-order valence-corrected chi connectivity index (χ2v) is 8.18. The predicted octanol–water partition coefficient (Wildman–Crippen LogP) is 5.01. The lowest BCUT2D eigenvalue weighted by Gasteiger charge is -2.19. The third-order valence-corrected chi connectivity index (χ3v) is 5.60. The SMILES string of the molecule is CC(=N)n1ccc(-c2cc(=O)c3cc(C)cc(C(C)Nc4ccccc4C(=O)O)c3o2)cc1=N.[HH]. The van der Waals surface area contributed by atoms with Crippen molar-refractivity contribution in [2.45, 2.75) is 26.8 Å². The van der Waals surface area contributed by atoms with E-state index in [0.29, 0.717) is 33.5 Å². The van der Waals surface area contributed by atoms with Crippen LogP contribution in [0.5, 0.6) is 0 Å². The minimum absolute atomic E-state index is 0. The number of hydrogen-bond acceptors (Lipinski definition) is 6. The van der Waals surface area contributed by atoms with E-state index >= 15 is 0 Å². The van der Waals surface area contributed by atoms with Crippen molar-refractivity contribution in [3.63, 3.8) is 0 Å². The molecule has 0 saturated carbocycles. The van der Waals surface area contributed by atoms with E-state index in [9.17, 15) is 14.7 Å². The molecule has 0 aliphatic carbocycles. The maximum absolute atomic E-state index is 13.0. The van der Waals surface area contributed by atoms with E-state index in [1.165, 1.54) is 16.7 Å². The Morgan fingerprint density at radius 2 is 1.91 bits per heavy atom. The van der Waals surface area contributed by atoms with Crippen LogP contribution >= 0.6 is 0 Å². The molecule has 8 nitrogen and oxygen atoms in total. The lowest BCUT2D eigenvalue weighted by Crippen LogP contribution is -2.23. The molecule has 0 fully saturated rings. The van der Waals surface area contributed by atoms with Crippen molar-refractivity contribution in [3.05, 3.63) is 93.2 Å². The van der Waals surface area contributed by atoms with Crippen LogP contribution in [-0.4, -0.2) is 21.5 Å². The molecule has 0 aliphatic heterocycles. The Morgan fingerprint density at radius 1 is 1.18 bits per heavy atom. The van der Waals surface area contributed by atoms with Gasteiger partial charge in [0.25, 0.3) is 0 Å². The van der Waals surface area contributed by atoms with Crippen LogP contribution in [0.4, 0.5) is 5.69 Å². The van der Waals surface area contributed by atoms with E-state index in [-0.39, 0.29) is 29.8 Å². The number of aromatic carboxylic acids is 1. The van der Waals surface area contributed by atoms with Gasteiger partial charge in [0.1, 0.15) is 22.7 Å². The molecule has 0 amide bonds. The van der Waals surface area contributed by atoms with Gasteiger partial charge in [-0.25, -0.2) is 4.79 Å². The number of nitrogens with one attached hydrogen (secondary N) is 3. The first kappa shape index (κ1) is 22.7. The molecule has 4 rings (SSSR count). The topological polar surface area (TPSA) is 132 Å². The molecular formula is C26H26N4O4. The van der Waals surface area contributed by atoms with Crippen LogP contribution in [-0.2, 0) is 0 Å². The first-order valence-electron chi connectivity index (χ1n) is 10.7. The summed E-state index contributed by atoms with van der Waals surface area (Å²) in [5.41, 5.74) is 3.01. The molecule has 2 heterocycles. The van der Waals surface area contributed by atoms with Crippen LogP contribution in [0.25, 0.3) is 22.3 Å². The molecule has 2 aromatic carbocycles. The summed E-state index contributed by atoms with van der Waals surface area (Å²) in [6.45, 7) is 5.34. The molecule has 2 aromatic heterocycles. The third kappa shape index (κ3) is 4.25. The van der Waals surface area contributed by atoms with Crippen molar-refractivity contribution in [1.29, 1.82) is 10.8 Å². The fourth-order valence-electron chi connectivity index (χ4n) is 3.95. The first-order chi connectivity index (χ1) is 16.2. The molecule has 174 valence electrons. The summed E-state index contributed by atoms with van der Waals surface area (Å²) < 4.78 is 7.61. The van der Waals surface area contributed by atoms with Gasteiger partial charge >= 0.3 is 5.97 Å². The van der Waals surface area contributed by atoms with Gasteiger partial charge in [0, 0.05) is 30.5 Å². The van der Waals surface area contributed by atoms with Crippen molar-refractivity contribution in [1.82, 2.24) is 4.57 Å². The third-order valence-electron chi connectivity index (χ3n) is 5.60. The van der Waals surface area contributed by atoms with Gasteiger partial charge in [-0.3, -0.25) is 20.2 Å². The summed E-state index contributed by atoms with van der Waals surface area (Å²) in [5, 5.41) is 29.1. The number of carboxylic acids is 1. The number of aryl methyl sites for hydroxylation is 1. The molecule has 0 bridgehead atoms. The molecule has 8 heteroatoms. The number of para-hydroxylation sites is 1. The summed E-state index contributed by atoms with van der Waals surface area (Å²) >= 11 is 0. The zero-order valence-electron chi connectivity index (χ0n) is 19.0. The highest BCUT2D eigenvalue weighted by Crippen LogP contribution is 2.31. The summed E-state index contributed by atoms with van der Waals surface area (Å²) in [4.78, 5) is 24.6. The van der Waals surface area contributed by atoms with Crippen LogP contribution in [0.3, 0.4) is 0 Å². The smallest absolute Gasteiger partial charge is 0.337 e. The average Bonchev–Trinajstić information content (AvgIpc) is 2.78. The number of aromatic nitrogens is 1. The molecular weight excluding hydrogens is 432 g/mol. The number of pyridine rings is 1. The Bertz CT molecular complexity index is 1570. The molecule has 4 N–H and O–H groups in total. The number of anilines is 1. The van der Waals surface area contributed by atoms with Crippen LogP contribution < -0.4 is 16.2 Å². The van der Waals surface area contributed by atoms with Crippen LogP contribution in [0.15, 0.2) is 70.0 Å². The second-order valence-electron chi connectivity index (χ2n) is 8.18. The quantitative estimate of drug-likeness (QED) is 0.246. The Balaban J connectivity index is 0.00000342. The lowest BCUT2D eigenvalue weighted by atomic mass is 10.00. The largest absolute Gasteiger partial charge is 0.478 e. The average molecular weight is 459 g/mol. The maximum atomic E-state index is 13.0. The second kappa shape index (κ2) is 8.82. The molecule has 34 heavy (non-hydrogen) atoms. The molecule has 1 unspecified atom stereocenters. The van der Waals surface area contributed by atoms with Gasteiger partial charge in [-0.2, -0.15) is 0 Å². The molecule has 4 aromatic rings. The van der Waals surface area contributed by atoms with E-state index in [0.717, 1.165) is 5.56 Å². The molecule has 0 aliphatic rings. The first-order valence-corrected chi connectivity index (χ1v) is 10.7. The van der Waals surface area contributed by atoms with Gasteiger partial charge in [0.15, 0.2) is 5.43 Å². The summed E-state index contributed by atoms with van der Waals surface area (Å²) in [6.07, 6.45) is 1.59. The van der Waals surface area contributed by atoms with E-state index in [4.69, 9.17) is 15.2 Å². The summed E-state index contributed by atoms with van der Waals surface area (Å²) in [5.74, 6) is -0.522. The summed E-state index contributed by atoms with van der Waals surface area (Å²) in [6, 6.07) is 14.6.